The Morgan fingerprint density at radius 1 is 1.26 bits per heavy atom. The fraction of sp³-hybridized carbons (Fsp3) is 0.200. The molecule has 0 saturated carbocycles. The molecule has 3 nitrogen and oxygen atoms in total. The van der Waals surface area contributed by atoms with Gasteiger partial charge in [0.15, 0.2) is 0 Å². The highest BCUT2D eigenvalue weighted by Gasteiger charge is 2.03. The zero-order valence-corrected chi connectivity index (χ0v) is 11.9. The molecule has 1 aromatic heterocycles. The zero-order valence-electron chi connectivity index (χ0n) is 11.1. The molecule has 4 heteroatoms. The van der Waals surface area contributed by atoms with Gasteiger partial charge in [-0.3, -0.25) is 4.98 Å². The van der Waals surface area contributed by atoms with E-state index < -0.39 is 0 Å². The Bertz CT molecular complexity index is 578. The summed E-state index contributed by atoms with van der Waals surface area (Å²) in [7, 11) is 2.05. The first-order valence-electron chi connectivity index (χ1n) is 6.08. The summed E-state index contributed by atoms with van der Waals surface area (Å²) in [5, 5.41) is 0. The summed E-state index contributed by atoms with van der Waals surface area (Å²) in [5.74, 6) is 0. The lowest BCUT2D eigenvalue weighted by molar-refractivity contribution is 0.912. The van der Waals surface area contributed by atoms with Crippen LogP contribution in [0.25, 0.3) is 0 Å². The van der Waals surface area contributed by atoms with Crippen molar-refractivity contribution in [3.05, 3.63) is 59.4 Å². The Balaban J connectivity index is 2.11. The van der Waals surface area contributed by atoms with Crippen LogP contribution in [-0.2, 0) is 6.54 Å². The molecule has 0 atom stereocenters. The Morgan fingerprint density at radius 2 is 1.95 bits per heavy atom. The zero-order chi connectivity index (χ0) is 13.8. The van der Waals surface area contributed by atoms with Gasteiger partial charge >= 0.3 is 0 Å². The third kappa shape index (κ3) is 3.51. The van der Waals surface area contributed by atoms with Crippen LogP contribution in [0.4, 0.5) is 5.69 Å². The average Bonchev–Trinajstić information content (AvgIpc) is 2.39. The molecular formula is C15H17N3S. The monoisotopic (exact) mass is 271 g/mol. The number of nitrogens with zero attached hydrogens (tertiary/aromatic N) is 2. The third-order valence-electron chi connectivity index (χ3n) is 2.94. The smallest absolute Gasteiger partial charge is 0.103 e. The van der Waals surface area contributed by atoms with Crippen LogP contribution in [0.1, 0.15) is 16.7 Å². The molecule has 2 rings (SSSR count). The van der Waals surface area contributed by atoms with Gasteiger partial charge in [-0.15, -0.1) is 0 Å². The van der Waals surface area contributed by atoms with E-state index in [9.17, 15) is 0 Å². The third-order valence-corrected chi connectivity index (χ3v) is 3.18. The van der Waals surface area contributed by atoms with E-state index in [1.165, 1.54) is 11.1 Å². The van der Waals surface area contributed by atoms with Crippen molar-refractivity contribution in [2.24, 2.45) is 5.73 Å². The molecule has 2 aromatic rings. The van der Waals surface area contributed by atoms with Gasteiger partial charge in [0.05, 0.1) is 0 Å². The van der Waals surface area contributed by atoms with Gasteiger partial charge in [-0.2, -0.15) is 0 Å². The number of thiocarbonyl (C=S) groups is 1. The van der Waals surface area contributed by atoms with E-state index in [0.29, 0.717) is 4.99 Å². The number of aryl methyl sites for hydroxylation is 1. The summed E-state index contributed by atoms with van der Waals surface area (Å²) < 4.78 is 0. The van der Waals surface area contributed by atoms with Crippen LogP contribution in [0.3, 0.4) is 0 Å². The quantitative estimate of drug-likeness (QED) is 0.868. The predicted octanol–water partition coefficient (Wildman–Crippen LogP) is 2.66. The van der Waals surface area contributed by atoms with Crippen LogP contribution in [0.2, 0.25) is 0 Å². The molecule has 19 heavy (non-hydrogen) atoms. The Labute approximate surface area is 119 Å². The number of hydrogen-bond donors (Lipinski definition) is 1. The highest BCUT2D eigenvalue weighted by atomic mass is 32.1. The Morgan fingerprint density at radius 3 is 2.53 bits per heavy atom. The van der Waals surface area contributed by atoms with E-state index in [1.54, 1.807) is 0 Å². The minimum absolute atomic E-state index is 0.428. The maximum atomic E-state index is 5.59. The van der Waals surface area contributed by atoms with Crippen molar-refractivity contribution in [1.29, 1.82) is 0 Å². The van der Waals surface area contributed by atoms with Crippen molar-refractivity contribution >= 4 is 22.9 Å². The molecule has 0 saturated heterocycles. The fourth-order valence-electron chi connectivity index (χ4n) is 1.95. The van der Waals surface area contributed by atoms with Crippen LogP contribution in [0.15, 0.2) is 42.7 Å². The second-order valence-electron chi connectivity index (χ2n) is 4.64. The van der Waals surface area contributed by atoms with Gasteiger partial charge in [0.2, 0.25) is 0 Å². The summed E-state index contributed by atoms with van der Waals surface area (Å²) in [5.41, 5.74) is 9.98. The molecule has 0 amide bonds. The minimum Gasteiger partial charge on any atom is -0.389 e. The van der Waals surface area contributed by atoms with Gasteiger partial charge in [0.1, 0.15) is 4.99 Å². The molecule has 0 spiro atoms. The van der Waals surface area contributed by atoms with Crippen LogP contribution in [0.5, 0.6) is 0 Å². The van der Waals surface area contributed by atoms with Crippen molar-refractivity contribution in [1.82, 2.24) is 4.98 Å². The van der Waals surface area contributed by atoms with E-state index in [4.69, 9.17) is 18.0 Å². The second-order valence-corrected chi connectivity index (χ2v) is 5.08. The van der Waals surface area contributed by atoms with Crippen LogP contribution in [0, 0.1) is 6.92 Å². The molecule has 1 heterocycles. The summed E-state index contributed by atoms with van der Waals surface area (Å²) in [4.78, 5) is 6.80. The summed E-state index contributed by atoms with van der Waals surface area (Å²) in [6.07, 6.45) is 3.76. The van der Waals surface area contributed by atoms with Gasteiger partial charge in [-0.05, 0) is 42.3 Å². The standard InChI is InChI=1S/C15H17N3S/c1-11-7-12(9-17-8-11)10-18(2)14-5-3-13(4-6-14)15(16)19/h3-9H,10H2,1-2H3,(H2,16,19). The lowest BCUT2D eigenvalue weighted by Gasteiger charge is -2.19. The van der Waals surface area contributed by atoms with Gasteiger partial charge in [-0.25, -0.2) is 0 Å². The molecule has 0 aliphatic carbocycles. The van der Waals surface area contributed by atoms with E-state index in [2.05, 4.69) is 23.0 Å². The number of nitrogens with two attached hydrogens (primary N) is 1. The predicted molar refractivity (Wildman–Crippen MR) is 83.4 cm³/mol. The lowest BCUT2D eigenvalue weighted by atomic mass is 10.1. The van der Waals surface area contributed by atoms with E-state index in [-0.39, 0.29) is 0 Å². The highest BCUT2D eigenvalue weighted by Crippen LogP contribution is 2.16. The lowest BCUT2D eigenvalue weighted by Crippen LogP contribution is -2.17. The average molecular weight is 271 g/mol. The van der Waals surface area contributed by atoms with Crippen molar-refractivity contribution in [3.8, 4) is 0 Å². The first kappa shape index (κ1) is 13.5. The number of aromatic nitrogens is 1. The van der Waals surface area contributed by atoms with Crippen molar-refractivity contribution < 1.29 is 0 Å². The van der Waals surface area contributed by atoms with Gasteiger partial charge in [0, 0.05) is 37.2 Å². The number of rotatable bonds is 4. The van der Waals surface area contributed by atoms with Gasteiger partial charge < -0.3 is 10.6 Å². The number of pyridine rings is 1. The largest absolute Gasteiger partial charge is 0.389 e. The van der Waals surface area contributed by atoms with Crippen LogP contribution in [-0.4, -0.2) is 17.0 Å². The van der Waals surface area contributed by atoms with Crippen molar-refractivity contribution in [3.63, 3.8) is 0 Å². The first-order chi connectivity index (χ1) is 9.06. The molecular weight excluding hydrogens is 254 g/mol. The molecule has 0 aliphatic rings. The van der Waals surface area contributed by atoms with Crippen molar-refractivity contribution in [2.45, 2.75) is 13.5 Å². The molecule has 1 aromatic carbocycles. The van der Waals surface area contributed by atoms with Gasteiger partial charge in [0.25, 0.3) is 0 Å². The molecule has 0 fully saturated rings. The maximum absolute atomic E-state index is 5.59. The van der Waals surface area contributed by atoms with Crippen LogP contribution >= 0.6 is 12.2 Å². The highest BCUT2D eigenvalue weighted by molar-refractivity contribution is 7.80. The van der Waals surface area contributed by atoms with Crippen LogP contribution < -0.4 is 10.6 Å². The maximum Gasteiger partial charge on any atom is 0.103 e. The van der Waals surface area contributed by atoms with E-state index in [0.717, 1.165) is 17.8 Å². The number of benzene rings is 1. The molecule has 0 radical (unpaired) electrons. The summed E-state index contributed by atoms with van der Waals surface area (Å²) >= 11 is 4.95. The Kier molecular flexibility index (Phi) is 4.12. The van der Waals surface area contributed by atoms with Crippen molar-refractivity contribution in [2.75, 3.05) is 11.9 Å². The first-order valence-corrected chi connectivity index (χ1v) is 6.48. The second kappa shape index (κ2) is 5.80. The Hall–Kier alpha value is -1.94. The fourth-order valence-corrected chi connectivity index (χ4v) is 2.09. The molecule has 98 valence electrons. The topological polar surface area (TPSA) is 42.2 Å². The number of hydrogen-bond acceptors (Lipinski definition) is 3. The minimum atomic E-state index is 0.428. The molecule has 0 aliphatic heterocycles. The number of anilines is 1. The van der Waals surface area contributed by atoms with E-state index >= 15 is 0 Å². The van der Waals surface area contributed by atoms with Gasteiger partial charge in [-0.1, -0.05) is 18.3 Å². The normalized spacial score (nSPS) is 10.2. The molecule has 0 bridgehead atoms. The molecule has 0 unspecified atom stereocenters. The van der Waals surface area contributed by atoms with E-state index in [1.807, 2.05) is 43.6 Å². The SMILES string of the molecule is Cc1cncc(CN(C)c2ccc(C(N)=S)cc2)c1. The molecule has 2 N–H and O–H groups in total. The summed E-state index contributed by atoms with van der Waals surface area (Å²) in [6, 6.07) is 10.1. The summed E-state index contributed by atoms with van der Waals surface area (Å²) in [6.45, 7) is 2.87.